The number of nitrogen functional groups attached to an aromatic ring is 1. The number of nitrogens with two attached hydrogens (primary N) is 1. The maximum atomic E-state index is 12.9. The zero-order chi connectivity index (χ0) is 12.4. The third-order valence-corrected chi connectivity index (χ3v) is 3.45. The molecular formula is C13H19FN2O. The van der Waals surface area contributed by atoms with Gasteiger partial charge in [-0.15, -0.1) is 0 Å². The molecule has 2 rings (SSSR count). The van der Waals surface area contributed by atoms with Crippen molar-refractivity contribution in [3.63, 3.8) is 0 Å². The lowest BCUT2D eigenvalue weighted by Crippen LogP contribution is -2.41. The third kappa shape index (κ3) is 2.96. The molecule has 0 amide bonds. The van der Waals surface area contributed by atoms with E-state index in [2.05, 4.69) is 4.90 Å². The molecule has 0 aromatic heterocycles. The van der Waals surface area contributed by atoms with Crippen LogP contribution in [-0.2, 0) is 6.54 Å². The minimum absolute atomic E-state index is 0.197. The number of hydrogen-bond donors (Lipinski definition) is 2. The van der Waals surface area contributed by atoms with Crippen LogP contribution in [-0.4, -0.2) is 29.2 Å². The summed E-state index contributed by atoms with van der Waals surface area (Å²) in [5.74, 6) is -0.0147. The molecule has 2 unspecified atom stereocenters. The van der Waals surface area contributed by atoms with Crippen LogP contribution < -0.4 is 5.73 Å². The van der Waals surface area contributed by atoms with Crippen LogP contribution in [0.1, 0.15) is 18.9 Å². The average molecular weight is 238 g/mol. The van der Waals surface area contributed by atoms with Gasteiger partial charge in [-0.05, 0) is 30.0 Å². The molecular weight excluding hydrogens is 219 g/mol. The van der Waals surface area contributed by atoms with Gasteiger partial charge in [0.2, 0.25) is 0 Å². The molecule has 0 saturated carbocycles. The van der Waals surface area contributed by atoms with Crippen molar-refractivity contribution < 1.29 is 9.50 Å². The fourth-order valence-electron chi connectivity index (χ4n) is 2.31. The van der Waals surface area contributed by atoms with Crippen LogP contribution in [0, 0.1) is 11.7 Å². The minimum Gasteiger partial charge on any atom is -0.398 e. The third-order valence-electron chi connectivity index (χ3n) is 3.45. The first-order chi connectivity index (χ1) is 8.06. The summed E-state index contributed by atoms with van der Waals surface area (Å²) in [6.07, 6.45) is 0.597. The predicted molar refractivity (Wildman–Crippen MR) is 65.9 cm³/mol. The number of halogens is 1. The summed E-state index contributed by atoms with van der Waals surface area (Å²) in [5.41, 5.74) is 7.24. The van der Waals surface area contributed by atoms with E-state index in [1.54, 1.807) is 6.07 Å². The van der Waals surface area contributed by atoms with Crippen molar-refractivity contribution in [1.29, 1.82) is 0 Å². The second-order valence-corrected chi connectivity index (χ2v) is 4.91. The van der Waals surface area contributed by atoms with Crippen LogP contribution in [0.5, 0.6) is 0 Å². The summed E-state index contributed by atoms with van der Waals surface area (Å²) in [6.45, 7) is 4.49. The molecule has 4 heteroatoms. The highest BCUT2D eigenvalue weighted by molar-refractivity contribution is 5.46. The number of benzene rings is 1. The van der Waals surface area contributed by atoms with E-state index in [9.17, 15) is 9.50 Å². The number of aliphatic hydroxyl groups is 1. The molecule has 17 heavy (non-hydrogen) atoms. The molecule has 0 spiro atoms. The molecule has 1 aromatic carbocycles. The standard InChI is InChI=1S/C13H19FN2O/c1-9-7-16(5-4-13(9)17)8-10-2-3-11(14)6-12(10)15/h2-3,6,9,13,17H,4-5,7-8,15H2,1H3. The number of nitrogens with zero attached hydrogens (tertiary/aromatic N) is 1. The zero-order valence-electron chi connectivity index (χ0n) is 10.1. The van der Waals surface area contributed by atoms with Gasteiger partial charge in [0.1, 0.15) is 5.82 Å². The van der Waals surface area contributed by atoms with Gasteiger partial charge in [0.25, 0.3) is 0 Å². The molecule has 0 aliphatic carbocycles. The van der Waals surface area contributed by atoms with Crippen molar-refractivity contribution >= 4 is 5.69 Å². The first kappa shape index (κ1) is 12.3. The number of hydrogen-bond acceptors (Lipinski definition) is 3. The average Bonchev–Trinajstić information content (AvgIpc) is 2.27. The molecule has 1 aromatic rings. The zero-order valence-corrected chi connectivity index (χ0v) is 10.1. The summed E-state index contributed by atoms with van der Waals surface area (Å²) in [4.78, 5) is 2.25. The van der Waals surface area contributed by atoms with Crippen LogP contribution in [0.2, 0.25) is 0 Å². The lowest BCUT2D eigenvalue weighted by Gasteiger charge is -2.34. The van der Waals surface area contributed by atoms with Crippen LogP contribution in [0.15, 0.2) is 18.2 Å². The van der Waals surface area contributed by atoms with Crippen LogP contribution in [0.3, 0.4) is 0 Å². The van der Waals surface area contributed by atoms with E-state index < -0.39 is 0 Å². The van der Waals surface area contributed by atoms with E-state index in [1.807, 2.05) is 6.92 Å². The normalized spacial score (nSPS) is 26.1. The van der Waals surface area contributed by atoms with Crippen molar-refractivity contribution in [1.82, 2.24) is 4.90 Å². The Labute approximate surface area is 101 Å². The fourth-order valence-corrected chi connectivity index (χ4v) is 2.31. The molecule has 1 heterocycles. The molecule has 1 saturated heterocycles. The van der Waals surface area contributed by atoms with Gasteiger partial charge in [-0.2, -0.15) is 0 Å². The van der Waals surface area contributed by atoms with E-state index >= 15 is 0 Å². The SMILES string of the molecule is CC1CN(Cc2ccc(F)cc2N)CCC1O. The number of anilines is 1. The highest BCUT2D eigenvalue weighted by Crippen LogP contribution is 2.21. The van der Waals surface area contributed by atoms with Gasteiger partial charge < -0.3 is 10.8 Å². The second-order valence-electron chi connectivity index (χ2n) is 4.91. The molecule has 3 nitrogen and oxygen atoms in total. The van der Waals surface area contributed by atoms with E-state index in [-0.39, 0.29) is 17.8 Å². The Morgan fingerprint density at radius 1 is 1.53 bits per heavy atom. The molecule has 2 atom stereocenters. The van der Waals surface area contributed by atoms with Gasteiger partial charge in [-0.1, -0.05) is 13.0 Å². The smallest absolute Gasteiger partial charge is 0.125 e. The number of aliphatic hydroxyl groups excluding tert-OH is 1. The van der Waals surface area contributed by atoms with E-state index in [1.165, 1.54) is 12.1 Å². The monoisotopic (exact) mass is 238 g/mol. The molecule has 94 valence electrons. The summed E-state index contributed by atoms with van der Waals surface area (Å²) < 4.78 is 12.9. The second kappa shape index (κ2) is 5.02. The van der Waals surface area contributed by atoms with E-state index in [0.29, 0.717) is 5.69 Å². The number of likely N-dealkylation sites (tertiary alicyclic amines) is 1. The first-order valence-electron chi connectivity index (χ1n) is 6.00. The lowest BCUT2D eigenvalue weighted by atomic mass is 9.96. The van der Waals surface area contributed by atoms with Gasteiger partial charge in [0.05, 0.1) is 6.10 Å². The van der Waals surface area contributed by atoms with Gasteiger partial charge >= 0.3 is 0 Å². The van der Waals surface area contributed by atoms with Crippen molar-refractivity contribution in [3.05, 3.63) is 29.6 Å². The predicted octanol–water partition coefficient (Wildman–Crippen LogP) is 1.61. The summed E-state index contributed by atoms with van der Waals surface area (Å²) in [6, 6.07) is 4.53. The first-order valence-corrected chi connectivity index (χ1v) is 6.00. The van der Waals surface area contributed by atoms with Crippen LogP contribution in [0.25, 0.3) is 0 Å². The number of piperidine rings is 1. The van der Waals surface area contributed by atoms with Crippen molar-refractivity contribution in [3.8, 4) is 0 Å². The Balaban J connectivity index is 2.01. The highest BCUT2D eigenvalue weighted by atomic mass is 19.1. The van der Waals surface area contributed by atoms with Crippen molar-refractivity contribution in [2.75, 3.05) is 18.8 Å². The fraction of sp³-hybridized carbons (Fsp3) is 0.538. The van der Waals surface area contributed by atoms with Crippen molar-refractivity contribution in [2.24, 2.45) is 5.92 Å². The molecule has 0 bridgehead atoms. The Kier molecular flexibility index (Phi) is 3.64. The topological polar surface area (TPSA) is 49.5 Å². The van der Waals surface area contributed by atoms with Gasteiger partial charge in [-0.3, -0.25) is 4.90 Å². The molecule has 1 aliphatic rings. The van der Waals surface area contributed by atoms with Crippen molar-refractivity contribution in [2.45, 2.75) is 26.0 Å². The Morgan fingerprint density at radius 2 is 2.29 bits per heavy atom. The number of rotatable bonds is 2. The summed E-state index contributed by atoms with van der Waals surface area (Å²) in [5, 5.41) is 9.65. The Morgan fingerprint density at radius 3 is 2.94 bits per heavy atom. The summed E-state index contributed by atoms with van der Waals surface area (Å²) in [7, 11) is 0. The quantitative estimate of drug-likeness (QED) is 0.770. The Hall–Kier alpha value is -1.13. The molecule has 0 radical (unpaired) electrons. The Bertz CT molecular complexity index is 397. The molecule has 3 N–H and O–H groups in total. The molecule has 1 aliphatic heterocycles. The van der Waals surface area contributed by atoms with E-state index in [4.69, 9.17) is 5.73 Å². The van der Waals surface area contributed by atoms with Crippen LogP contribution >= 0.6 is 0 Å². The van der Waals surface area contributed by atoms with Gasteiger partial charge in [-0.25, -0.2) is 4.39 Å². The van der Waals surface area contributed by atoms with Crippen LogP contribution in [0.4, 0.5) is 10.1 Å². The minimum atomic E-state index is -0.298. The largest absolute Gasteiger partial charge is 0.398 e. The van der Waals surface area contributed by atoms with Gasteiger partial charge in [0, 0.05) is 25.3 Å². The summed E-state index contributed by atoms with van der Waals surface area (Å²) >= 11 is 0. The highest BCUT2D eigenvalue weighted by Gasteiger charge is 2.24. The van der Waals surface area contributed by atoms with Gasteiger partial charge in [0.15, 0.2) is 0 Å². The lowest BCUT2D eigenvalue weighted by molar-refractivity contribution is 0.0321. The maximum absolute atomic E-state index is 12.9. The molecule has 1 fully saturated rings. The van der Waals surface area contributed by atoms with E-state index in [0.717, 1.165) is 31.6 Å². The maximum Gasteiger partial charge on any atom is 0.125 e.